The molecule has 7 rings (SSSR count). The summed E-state index contributed by atoms with van der Waals surface area (Å²) in [7, 11) is 6.22. The largest absolute Gasteiger partial charge is 0.508 e. The van der Waals surface area contributed by atoms with Crippen molar-refractivity contribution >= 4 is 58.0 Å². The molecule has 0 heterocycles. The normalized spacial score (nSPS) is 24.1. The van der Waals surface area contributed by atoms with Crippen LogP contribution in [0.25, 0.3) is 16.9 Å². The highest BCUT2D eigenvalue weighted by Crippen LogP contribution is 2.55. The number of nitrogens with two attached hydrogens (primary N) is 1. The number of phenolic OH excluding ortho intramolecular Hbond substituents is 1. The highest BCUT2D eigenvalue weighted by Gasteiger charge is 2.67. The van der Waals surface area contributed by atoms with Gasteiger partial charge in [-0.15, -0.1) is 0 Å². The number of hydrogen-bond acceptors (Lipinski definition) is 13. The summed E-state index contributed by atoms with van der Waals surface area (Å²) in [6, 6.07) is 15.7. The first-order valence-corrected chi connectivity index (χ1v) is 17.7. The van der Waals surface area contributed by atoms with Gasteiger partial charge in [0.2, 0.25) is 5.78 Å². The van der Waals surface area contributed by atoms with E-state index in [1.165, 1.54) is 25.1 Å². The average Bonchev–Trinajstić information content (AvgIpc) is 3.44. The van der Waals surface area contributed by atoms with Crippen LogP contribution in [0.4, 0.5) is 16.2 Å². The minimum atomic E-state index is -3.05. The SMILES string of the molecule is CN(C)c1cc(NC(=S)NC(=O)OCC2c3ccccc3-c3ccccc32)c(O)c2c1CC1C(=C2O)C(=O)[C@]2(O)C(O)=C(C(N)=O)C(=O)[C@@H](N(C)C)C2[C@H]1O. The van der Waals surface area contributed by atoms with E-state index in [1.807, 2.05) is 48.5 Å². The van der Waals surface area contributed by atoms with Crippen LogP contribution in [-0.2, 0) is 25.5 Å². The van der Waals surface area contributed by atoms with Crippen molar-refractivity contribution in [3.8, 4) is 16.9 Å². The molecule has 0 radical (unpaired) electrons. The number of nitrogens with zero attached hydrogens (tertiary/aromatic N) is 2. The number of ketones is 2. The number of aromatic hydroxyl groups is 1. The molecule has 1 fully saturated rings. The van der Waals surface area contributed by atoms with Crippen molar-refractivity contribution < 1.29 is 49.4 Å². The number of amides is 2. The van der Waals surface area contributed by atoms with Crippen molar-refractivity contribution in [1.82, 2.24) is 10.2 Å². The van der Waals surface area contributed by atoms with Gasteiger partial charge in [-0.25, -0.2) is 4.79 Å². The maximum absolute atomic E-state index is 14.3. The number of aliphatic hydroxyl groups is 4. The number of anilines is 2. The Balaban J connectivity index is 1.19. The van der Waals surface area contributed by atoms with Crippen LogP contribution in [0.1, 0.15) is 28.2 Å². The van der Waals surface area contributed by atoms with Gasteiger partial charge in [0.1, 0.15) is 29.4 Å². The van der Waals surface area contributed by atoms with Crippen molar-refractivity contribution in [3.05, 3.63) is 93.8 Å². The maximum Gasteiger partial charge on any atom is 0.413 e. The summed E-state index contributed by atoms with van der Waals surface area (Å²) >= 11 is 5.39. The first-order chi connectivity index (χ1) is 26.0. The quantitative estimate of drug-likeness (QED) is 0.102. The van der Waals surface area contributed by atoms with E-state index in [1.54, 1.807) is 19.0 Å². The Morgan fingerprint density at radius 1 is 1.00 bits per heavy atom. The number of ether oxygens (including phenoxy) is 1. The van der Waals surface area contributed by atoms with E-state index in [0.29, 0.717) is 11.3 Å². The number of rotatable bonds is 6. The Kier molecular flexibility index (Phi) is 9.20. The highest BCUT2D eigenvalue weighted by atomic mass is 32.1. The Morgan fingerprint density at radius 2 is 1.60 bits per heavy atom. The Hall–Kier alpha value is -5.81. The van der Waals surface area contributed by atoms with Crippen LogP contribution in [-0.4, -0.2) is 112 Å². The molecule has 2 unspecified atom stereocenters. The van der Waals surface area contributed by atoms with Crippen molar-refractivity contribution in [3.63, 3.8) is 0 Å². The second kappa shape index (κ2) is 13.5. The number of nitrogens with one attached hydrogen (secondary N) is 2. The molecule has 0 aliphatic heterocycles. The van der Waals surface area contributed by atoms with Gasteiger partial charge in [0.15, 0.2) is 16.5 Å². The molecule has 0 bridgehead atoms. The molecule has 16 heteroatoms. The van der Waals surface area contributed by atoms with Crippen LogP contribution in [0.3, 0.4) is 0 Å². The lowest BCUT2D eigenvalue weighted by Crippen LogP contribution is -2.70. The van der Waals surface area contributed by atoms with Crippen molar-refractivity contribution in [2.75, 3.05) is 45.0 Å². The fraction of sp³-hybridized carbons (Fsp3) is 0.308. The third-order valence-electron chi connectivity index (χ3n) is 11.1. The molecule has 0 aromatic heterocycles. The summed E-state index contributed by atoms with van der Waals surface area (Å²) in [5.74, 6) is -9.54. The van der Waals surface area contributed by atoms with E-state index >= 15 is 0 Å². The molecule has 3 aromatic rings. The van der Waals surface area contributed by atoms with E-state index in [-0.39, 0.29) is 35.3 Å². The summed E-state index contributed by atoms with van der Waals surface area (Å²) in [6.45, 7) is 0.0160. The second-order valence-electron chi connectivity index (χ2n) is 14.5. The van der Waals surface area contributed by atoms with E-state index < -0.39 is 81.6 Å². The fourth-order valence-electron chi connectivity index (χ4n) is 8.68. The Bertz CT molecular complexity index is 2240. The number of thiocarbonyl (C=S) groups is 1. The minimum Gasteiger partial charge on any atom is -0.508 e. The molecule has 286 valence electrons. The number of aliphatic hydroxyl groups excluding tert-OH is 3. The van der Waals surface area contributed by atoms with Crippen LogP contribution in [0.2, 0.25) is 0 Å². The Labute approximate surface area is 320 Å². The van der Waals surface area contributed by atoms with Gasteiger partial charge in [-0.2, -0.15) is 0 Å². The second-order valence-corrected chi connectivity index (χ2v) is 14.9. The third-order valence-corrected chi connectivity index (χ3v) is 11.3. The number of fused-ring (bicyclic) bond motifs is 6. The van der Waals surface area contributed by atoms with E-state index in [0.717, 1.165) is 22.3 Å². The number of benzene rings is 3. The van der Waals surface area contributed by atoms with Gasteiger partial charge in [-0.05, 0) is 66.6 Å². The van der Waals surface area contributed by atoms with Gasteiger partial charge >= 0.3 is 6.09 Å². The molecule has 5 atom stereocenters. The zero-order valence-electron chi connectivity index (χ0n) is 30.2. The van der Waals surface area contributed by atoms with Crippen LogP contribution >= 0.6 is 12.2 Å². The summed E-state index contributed by atoms with van der Waals surface area (Å²) in [5, 5.41) is 63.2. The number of phenols is 1. The lowest BCUT2D eigenvalue weighted by molar-refractivity contribution is -0.168. The first-order valence-electron chi connectivity index (χ1n) is 17.3. The molecule has 1 saturated carbocycles. The number of carbonyl (C=O) groups excluding carboxylic acids is 4. The number of alkyl carbamates (subject to hydrolysis) is 1. The van der Waals surface area contributed by atoms with E-state index in [2.05, 4.69) is 10.6 Å². The molecule has 4 aliphatic rings. The van der Waals surface area contributed by atoms with Gasteiger partial charge in [0.05, 0.1) is 29.3 Å². The van der Waals surface area contributed by atoms with Crippen LogP contribution in [0.5, 0.6) is 5.75 Å². The van der Waals surface area contributed by atoms with Crippen LogP contribution < -0.4 is 21.3 Å². The summed E-state index contributed by atoms with van der Waals surface area (Å²) in [6.07, 6.45) is -2.77. The summed E-state index contributed by atoms with van der Waals surface area (Å²) < 4.78 is 5.58. The molecular formula is C39H39N5O10S. The topological polar surface area (TPSA) is 235 Å². The van der Waals surface area contributed by atoms with Gasteiger partial charge in [0, 0.05) is 37.2 Å². The van der Waals surface area contributed by atoms with Crippen LogP contribution in [0, 0.1) is 11.8 Å². The van der Waals surface area contributed by atoms with Crippen molar-refractivity contribution in [2.24, 2.45) is 17.6 Å². The maximum atomic E-state index is 14.3. The third kappa shape index (κ3) is 5.63. The van der Waals surface area contributed by atoms with E-state index in [4.69, 9.17) is 22.7 Å². The fourth-order valence-corrected chi connectivity index (χ4v) is 8.87. The van der Waals surface area contributed by atoms with Gasteiger partial charge in [-0.1, -0.05) is 48.5 Å². The Morgan fingerprint density at radius 3 is 2.16 bits per heavy atom. The van der Waals surface area contributed by atoms with Crippen molar-refractivity contribution in [2.45, 2.75) is 30.1 Å². The number of likely N-dealkylation sites (N-methyl/N-ethyl adjacent to an activating group) is 1. The van der Waals surface area contributed by atoms with Gasteiger partial charge < -0.3 is 46.2 Å². The molecule has 9 N–H and O–H groups in total. The van der Waals surface area contributed by atoms with Gasteiger partial charge in [0.25, 0.3) is 5.91 Å². The predicted molar refractivity (Wildman–Crippen MR) is 204 cm³/mol. The standard InChI is InChI=1S/C39H39N5O10S/c1-43(2)24-14-23(41-37(55)42-38(52)54-15-22-18-11-7-5-9-16(18)17-10-6-8-12-19(17)22)31(46)25-20(24)13-21-26(32(25)47)34(49)39(53)28(30(21)45)29(44(3)4)33(48)27(35(39)50)36(40)51/h5-12,14,21-22,28-30,45-47,50,53H,13,15H2,1-4H3,(H2,40,51)(H2,41,42,52,55)/t21?,28?,29-,30-,39-/m0/s1. The monoisotopic (exact) mass is 769 g/mol. The molecule has 3 aromatic carbocycles. The first kappa shape index (κ1) is 37.5. The molecule has 15 nitrogen and oxygen atoms in total. The molecule has 4 aliphatic carbocycles. The number of hydrogen-bond donors (Lipinski definition) is 8. The molecule has 0 spiro atoms. The molecule has 0 saturated heterocycles. The molecular weight excluding hydrogens is 731 g/mol. The van der Waals surface area contributed by atoms with Crippen LogP contribution in [0.15, 0.2) is 71.5 Å². The minimum absolute atomic E-state index is 0.0160. The summed E-state index contributed by atoms with van der Waals surface area (Å²) in [4.78, 5) is 55.9. The zero-order valence-corrected chi connectivity index (χ0v) is 31.0. The lowest BCUT2D eigenvalue weighted by atomic mass is 9.56. The molecule has 2 amide bonds. The van der Waals surface area contributed by atoms with Crippen molar-refractivity contribution in [1.29, 1.82) is 0 Å². The number of carbonyl (C=O) groups is 4. The molecule has 55 heavy (non-hydrogen) atoms. The van der Waals surface area contributed by atoms with E-state index in [9.17, 15) is 44.7 Å². The predicted octanol–water partition coefficient (Wildman–Crippen LogP) is 2.24. The number of Topliss-reactive ketones (excluding diaryl/α,β-unsaturated/α-hetero) is 2. The highest BCUT2D eigenvalue weighted by molar-refractivity contribution is 7.80. The van der Waals surface area contributed by atoms with Gasteiger partial charge in [-0.3, -0.25) is 24.6 Å². The smallest absolute Gasteiger partial charge is 0.413 e. The summed E-state index contributed by atoms with van der Waals surface area (Å²) in [5.41, 5.74) is 5.32. The lowest BCUT2D eigenvalue weighted by Gasteiger charge is -2.52. The average molecular weight is 770 g/mol. The number of primary amides is 1. The zero-order chi connectivity index (χ0) is 39.8.